The second-order valence-electron chi connectivity index (χ2n) is 5.41. The molecule has 122 valence electrons. The maximum absolute atomic E-state index is 12.8. The lowest BCUT2D eigenvalue weighted by Gasteiger charge is -2.14. The van der Waals surface area contributed by atoms with Gasteiger partial charge in [-0.05, 0) is 63.5 Å². The number of amides is 1. The highest BCUT2D eigenvalue weighted by Gasteiger charge is 2.18. The maximum Gasteiger partial charge on any atom is 0.259 e. The maximum atomic E-state index is 12.8. The Balaban J connectivity index is 2.06. The van der Waals surface area contributed by atoms with Crippen LogP contribution in [0.4, 0.5) is 5.69 Å². The SMILES string of the molecule is COc1c(C(=O)Nc2ccc(Br)cc2C)cc2ccccc2c1Br. The molecular weight excluding hydrogens is 434 g/mol. The van der Waals surface area contributed by atoms with Crippen molar-refractivity contribution in [3.63, 3.8) is 0 Å². The van der Waals surface area contributed by atoms with Gasteiger partial charge in [0.05, 0.1) is 17.1 Å². The molecule has 3 aromatic rings. The average Bonchev–Trinajstić information content (AvgIpc) is 2.57. The van der Waals surface area contributed by atoms with Crippen LogP contribution in [0.25, 0.3) is 10.8 Å². The third-order valence-electron chi connectivity index (χ3n) is 3.83. The number of anilines is 1. The van der Waals surface area contributed by atoms with Gasteiger partial charge < -0.3 is 10.1 Å². The first-order valence-electron chi connectivity index (χ1n) is 7.34. The molecule has 0 aliphatic rings. The van der Waals surface area contributed by atoms with Gasteiger partial charge in [0, 0.05) is 10.2 Å². The molecule has 5 heteroatoms. The van der Waals surface area contributed by atoms with Crippen LogP contribution in [0.5, 0.6) is 5.75 Å². The van der Waals surface area contributed by atoms with Crippen LogP contribution in [-0.2, 0) is 0 Å². The van der Waals surface area contributed by atoms with Crippen LogP contribution in [0.3, 0.4) is 0 Å². The highest BCUT2D eigenvalue weighted by molar-refractivity contribution is 9.11. The first-order valence-corrected chi connectivity index (χ1v) is 8.92. The van der Waals surface area contributed by atoms with Gasteiger partial charge in [-0.25, -0.2) is 0 Å². The van der Waals surface area contributed by atoms with E-state index in [-0.39, 0.29) is 5.91 Å². The highest BCUT2D eigenvalue weighted by atomic mass is 79.9. The number of halogens is 2. The molecule has 1 amide bonds. The van der Waals surface area contributed by atoms with Crippen LogP contribution in [-0.4, -0.2) is 13.0 Å². The van der Waals surface area contributed by atoms with Crippen LogP contribution in [0, 0.1) is 6.92 Å². The second-order valence-corrected chi connectivity index (χ2v) is 7.11. The summed E-state index contributed by atoms with van der Waals surface area (Å²) in [7, 11) is 1.57. The van der Waals surface area contributed by atoms with Crippen LogP contribution in [0.2, 0.25) is 0 Å². The molecule has 0 saturated heterocycles. The first kappa shape index (κ1) is 17.0. The lowest BCUT2D eigenvalue weighted by molar-refractivity contribution is 0.102. The molecule has 0 radical (unpaired) electrons. The molecule has 24 heavy (non-hydrogen) atoms. The van der Waals surface area contributed by atoms with Crippen LogP contribution >= 0.6 is 31.9 Å². The van der Waals surface area contributed by atoms with Gasteiger partial charge in [0.25, 0.3) is 5.91 Å². The van der Waals surface area contributed by atoms with Crippen molar-refractivity contribution in [2.45, 2.75) is 6.92 Å². The zero-order valence-electron chi connectivity index (χ0n) is 13.2. The summed E-state index contributed by atoms with van der Waals surface area (Å²) in [4.78, 5) is 12.8. The van der Waals surface area contributed by atoms with Crippen molar-refractivity contribution >= 4 is 54.2 Å². The number of ether oxygens (including phenoxy) is 1. The molecule has 0 saturated carbocycles. The Morgan fingerprint density at radius 2 is 1.83 bits per heavy atom. The van der Waals surface area contributed by atoms with Gasteiger partial charge in [0.15, 0.2) is 0 Å². The smallest absolute Gasteiger partial charge is 0.259 e. The molecule has 3 aromatic carbocycles. The lowest BCUT2D eigenvalue weighted by Crippen LogP contribution is -2.14. The Hall–Kier alpha value is -1.85. The molecule has 0 bridgehead atoms. The minimum Gasteiger partial charge on any atom is -0.495 e. The lowest BCUT2D eigenvalue weighted by atomic mass is 10.0. The standard InChI is InChI=1S/C19H15Br2NO2/c1-11-9-13(20)7-8-16(11)22-19(23)15-10-12-5-3-4-6-14(12)17(21)18(15)24-2/h3-10H,1-2H3,(H,22,23). The first-order chi connectivity index (χ1) is 11.5. The van der Waals surface area contributed by atoms with Gasteiger partial charge in [0.1, 0.15) is 5.75 Å². The van der Waals surface area contributed by atoms with Crippen LogP contribution in [0.1, 0.15) is 15.9 Å². The number of fused-ring (bicyclic) bond motifs is 1. The van der Waals surface area contributed by atoms with Crippen molar-refractivity contribution in [1.29, 1.82) is 0 Å². The van der Waals surface area contributed by atoms with Crippen molar-refractivity contribution in [3.8, 4) is 5.75 Å². The summed E-state index contributed by atoms with van der Waals surface area (Å²) in [5, 5.41) is 4.94. The number of hydrogen-bond acceptors (Lipinski definition) is 2. The molecule has 0 unspecified atom stereocenters. The summed E-state index contributed by atoms with van der Waals surface area (Å²) in [5.41, 5.74) is 2.25. The van der Waals surface area contributed by atoms with Gasteiger partial charge in [0.2, 0.25) is 0 Å². The number of carbonyl (C=O) groups excluding carboxylic acids is 1. The van der Waals surface area contributed by atoms with E-state index in [1.807, 2.05) is 55.5 Å². The number of carbonyl (C=O) groups is 1. The molecular formula is C19H15Br2NO2. The molecule has 0 aromatic heterocycles. The molecule has 0 aliphatic carbocycles. The van der Waals surface area contributed by atoms with E-state index in [1.165, 1.54) is 0 Å². The van der Waals surface area contributed by atoms with Crippen molar-refractivity contribution in [3.05, 3.63) is 68.6 Å². The summed E-state index contributed by atoms with van der Waals surface area (Å²) >= 11 is 6.99. The number of aryl methyl sites for hydroxylation is 1. The Labute approximate surface area is 157 Å². The number of nitrogens with one attached hydrogen (secondary N) is 1. The summed E-state index contributed by atoms with van der Waals surface area (Å²) < 4.78 is 7.23. The minimum absolute atomic E-state index is 0.205. The fourth-order valence-electron chi connectivity index (χ4n) is 2.61. The Morgan fingerprint density at radius 1 is 1.08 bits per heavy atom. The summed E-state index contributed by atoms with van der Waals surface area (Å²) in [5.74, 6) is 0.324. The van der Waals surface area contributed by atoms with Gasteiger partial charge in [-0.2, -0.15) is 0 Å². The van der Waals surface area contributed by atoms with Crippen molar-refractivity contribution in [1.82, 2.24) is 0 Å². The average molecular weight is 449 g/mol. The van der Waals surface area contributed by atoms with Crippen LogP contribution < -0.4 is 10.1 Å². The van der Waals surface area contributed by atoms with E-state index in [1.54, 1.807) is 7.11 Å². The van der Waals surface area contributed by atoms with Gasteiger partial charge in [-0.15, -0.1) is 0 Å². The van der Waals surface area contributed by atoms with Gasteiger partial charge in [-0.3, -0.25) is 4.79 Å². The van der Waals surface area contributed by atoms with E-state index < -0.39 is 0 Å². The zero-order valence-corrected chi connectivity index (χ0v) is 16.4. The topological polar surface area (TPSA) is 38.3 Å². The summed E-state index contributed by atoms with van der Waals surface area (Å²) in [6.07, 6.45) is 0. The van der Waals surface area contributed by atoms with E-state index in [0.717, 1.165) is 31.0 Å². The summed E-state index contributed by atoms with van der Waals surface area (Å²) in [6, 6.07) is 15.4. The van der Waals surface area contributed by atoms with E-state index >= 15 is 0 Å². The Bertz CT molecular complexity index is 938. The third kappa shape index (κ3) is 3.19. The highest BCUT2D eigenvalue weighted by Crippen LogP contribution is 2.37. The largest absolute Gasteiger partial charge is 0.495 e. The molecule has 1 N–H and O–H groups in total. The van der Waals surface area contributed by atoms with Crippen molar-refractivity contribution in [2.75, 3.05) is 12.4 Å². The minimum atomic E-state index is -0.205. The molecule has 0 aliphatic heterocycles. The molecule has 3 rings (SSSR count). The number of methoxy groups -OCH3 is 1. The fourth-order valence-corrected chi connectivity index (χ4v) is 3.82. The number of hydrogen-bond donors (Lipinski definition) is 1. The number of benzene rings is 3. The Kier molecular flexibility index (Phi) is 4.92. The molecule has 0 spiro atoms. The van der Waals surface area contributed by atoms with Gasteiger partial charge in [-0.1, -0.05) is 40.2 Å². The van der Waals surface area contributed by atoms with Crippen LogP contribution in [0.15, 0.2) is 57.5 Å². The Morgan fingerprint density at radius 3 is 2.54 bits per heavy atom. The molecule has 3 nitrogen and oxygen atoms in total. The quantitative estimate of drug-likeness (QED) is 0.538. The van der Waals surface area contributed by atoms with Crippen molar-refractivity contribution < 1.29 is 9.53 Å². The number of rotatable bonds is 3. The predicted molar refractivity (Wildman–Crippen MR) is 105 cm³/mol. The van der Waals surface area contributed by atoms with Gasteiger partial charge >= 0.3 is 0 Å². The summed E-state index contributed by atoms with van der Waals surface area (Å²) in [6.45, 7) is 1.95. The van der Waals surface area contributed by atoms with E-state index in [2.05, 4.69) is 37.2 Å². The predicted octanol–water partition coefficient (Wildman–Crippen LogP) is 5.93. The van der Waals surface area contributed by atoms with E-state index in [0.29, 0.717) is 11.3 Å². The van der Waals surface area contributed by atoms with E-state index in [4.69, 9.17) is 4.74 Å². The normalized spacial score (nSPS) is 10.7. The van der Waals surface area contributed by atoms with E-state index in [9.17, 15) is 4.79 Å². The fraction of sp³-hybridized carbons (Fsp3) is 0.105. The molecule has 0 atom stereocenters. The van der Waals surface area contributed by atoms with Crippen molar-refractivity contribution in [2.24, 2.45) is 0 Å². The second kappa shape index (κ2) is 6.95. The zero-order chi connectivity index (χ0) is 17.3. The third-order valence-corrected chi connectivity index (χ3v) is 5.11. The molecule has 0 heterocycles. The molecule has 0 fully saturated rings. The monoisotopic (exact) mass is 447 g/mol.